The van der Waals surface area contributed by atoms with Crippen molar-refractivity contribution in [3.8, 4) is 17.6 Å². The molecule has 0 N–H and O–H groups in total. The molecular weight excluding hydrogens is 274 g/mol. The first-order valence-electron chi connectivity index (χ1n) is 6.05. The molecule has 0 amide bonds. The number of rotatable bonds is 4. The first-order chi connectivity index (χ1) is 9.80. The molecule has 5 heteroatoms. The first-order valence-corrected chi connectivity index (χ1v) is 7.28. The molecule has 0 radical (unpaired) electrons. The SMILES string of the molecule is COc1ccc(Oc2nc3ccccc3o2)c(SC)c1. The van der Waals surface area contributed by atoms with Gasteiger partial charge < -0.3 is 13.9 Å². The van der Waals surface area contributed by atoms with Crippen LogP contribution in [0.3, 0.4) is 0 Å². The summed E-state index contributed by atoms with van der Waals surface area (Å²) in [6.45, 7) is 0. The minimum Gasteiger partial charge on any atom is -0.497 e. The molecule has 0 aliphatic carbocycles. The number of thioether (sulfide) groups is 1. The summed E-state index contributed by atoms with van der Waals surface area (Å²) in [5.74, 6) is 1.49. The Balaban J connectivity index is 1.93. The average molecular weight is 287 g/mol. The highest BCUT2D eigenvalue weighted by molar-refractivity contribution is 7.98. The molecule has 1 aromatic heterocycles. The molecule has 0 saturated carbocycles. The van der Waals surface area contributed by atoms with Gasteiger partial charge in [0.2, 0.25) is 0 Å². The van der Waals surface area contributed by atoms with Crippen LogP contribution in [-0.4, -0.2) is 18.3 Å². The van der Waals surface area contributed by atoms with Crippen molar-refractivity contribution in [3.05, 3.63) is 42.5 Å². The van der Waals surface area contributed by atoms with Crippen molar-refractivity contribution in [3.63, 3.8) is 0 Å². The predicted octanol–water partition coefficient (Wildman–Crippen LogP) is 4.35. The first kappa shape index (κ1) is 12.9. The van der Waals surface area contributed by atoms with Gasteiger partial charge in [-0.1, -0.05) is 12.1 Å². The zero-order valence-corrected chi connectivity index (χ0v) is 11.9. The van der Waals surface area contributed by atoms with Crippen LogP contribution in [0.1, 0.15) is 0 Å². The van der Waals surface area contributed by atoms with Crippen molar-refractivity contribution in [2.75, 3.05) is 13.4 Å². The normalized spacial score (nSPS) is 10.7. The van der Waals surface area contributed by atoms with Crippen LogP contribution in [0, 0.1) is 0 Å². The van der Waals surface area contributed by atoms with Gasteiger partial charge in [-0.3, -0.25) is 0 Å². The smallest absolute Gasteiger partial charge is 0.400 e. The molecule has 0 saturated heterocycles. The van der Waals surface area contributed by atoms with E-state index in [1.807, 2.05) is 48.7 Å². The third-order valence-electron chi connectivity index (χ3n) is 2.84. The Hall–Kier alpha value is -2.14. The Kier molecular flexibility index (Phi) is 3.52. The van der Waals surface area contributed by atoms with E-state index in [1.54, 1.807) is 18.9 Å². The monoisotopic (exact) mass is 287 g/mol. The maximum absolute atomic E-state index is 5.73. The van der Waals surface area contributed by atoms with Gasteiger partial charge in [-0.25, -0.2) is 0 Å². The highest BCUT2D eigenvalue weighted by atomic mass is 32.2. The summed E-state index contributed by atoms with van der Waals surface area (Å²) in [5.41, 5.74) is 1.49. The number of fused-ring (bicyclic) bond motifs is 1. The Labute approximate surface area is 120 Å². The number of benzene rings is 2. The number of para-hydroxylation sites is 2. The molecule has 0 fully saturated rings. The van der Waals surface area contributed by atoms with Gasteiger partial charge in [0.25, 0.3) is 0 Å². The van der Waals surface area contributed by atoms with Gasteiger partial charge in [-0.05, 0) is 36.6 Å². The maximum Gasteiger partial charge on any atom is 0.400 e. The molecule has 102 valence electrons. The van der Waals surface area contributed by atoms with Crippen LogP contribution in [0.15, 0.2) is 51.8 Å². The molecule has 2 aromatic carbocycles. The second kappa shape index (κ2) is 5.46. The van der Waals surface area contributed by atoms with Gasteiger partial charge in [0.15, 0.2) is 5.58 Å². The second-order valence-electron chi connectivity index (χ2n) is 4.07. The number of hydrogen-bond acceptors (Lipinski definition) is 5. The molecule has 0 aliphatic rings. The third kappa shape index (κ3) is 2.44. The van der Waals surface area contributed by atoms with Crippen molar-refractivity contribution in [1.29, 1.82) is 0 Å². The van der Waals surface area contributed by atoms with E-state index >= 15 is 0 Å². The number of ether oxygens (including phenoxy) is 2. The Morgan fingerprint density at radius 3 is 2.75 bits per heavy atom. The molecule has 0 bridgehead atoms. The largest absolute Gasteiger partial charge is 0.497 e. The summed E-state index contributed by atoms with van der Waals surface area (Å²) in [6.07, 6.45) is 2.22. The van der Waals surface area contributed by atoms with Gasteiger partial charge in [0.05, 0.1) is 12.0 Å². The van der Waals surface area contributed by atoms with Gasteiger partial charge in [-0.15, -0.1) is 11.8 Å². The van der Waals surface area contributed by atoms with Crippen molar-refractivity contribution >= 4 is 22.9 Å². The number of nitrogens with zero attached hydrogens (tertiary/aromatic N) is 1. The summed E-state index contributed by atoms with van der Waals surface area (Å²) in [6, 6.07) is 13.2. The van der Waals surface area contributed by atoms with E-state index in [4.69, 9.17) is 13.9 Å². The van der Waals surface area contributed by atoms with Crippen molar-refractivity contribution in [1.82, 2.24) is 4.98 Å². The fraction of sp³-hybridized carbons (Fsp3) is 0.133. The minimum absolute atomic E-state index is 0.242. The van der Waals surface area contributed by atoms with Gasteiger partial charge in [-0.2, -0.15) is 4.98 Å². The van der Waals surface area contributed by atoms with E-state index in [2.05, 4.69) is 4.98 Å². The van der Waals surface area contributed by atoms with Crippen LogP contribution < -0.4 is 9.47 Å². The third-order valence-corrected chi connectivity index (χ3v) is 3.60. The average Bonchev–Trinajstić information content (AvgIpc) is 2.90. The summed E-state index contributed by atoms with van der Waals surface area (Å²) in [4.78, 5) is 5.26. The highest BCUT2D eigenvalue weighted by Gasteiger charge is 2.11. The summed E-state index contributed by atoms with van der Waals surface area (Å²) in [7, 11) is 1.64. The molecule has 0 unspecified atom stereocenters. The van der Waals surface area contributed by atoms with Crippen LogP contribution in [0.25, 0.3) is 11.1 Å². The Morgan fingerprint density at radius 2 is 2.00 bits per heavy atom. The molecule has 3 aromatic rings. The van der Waals surface area contributed by atoms with E-state index in [1.165, 1.54) is 0 Å². The standard InChI is InChI=1S/C15H13NO3S/c1-17-10-7-8-13(14(9-10)20-2)19-15-16-11-5-3-4-6-12(11)18-15/h3-9H,1-2H3. The minimum atomic E-state index is 0.242. The van der Waals surface area contributed by atoms with Gasteiger partial charge >= 0.3 is 6.08 Å². The molecule has 3 rings (SSSR count). The fourth-order valence-electron chi connectivity index (χ4n) is 1.85. The van der Waals surface area contributed by atoms with E-state index in [0.29, 0.717) is 11.3 Å². The lowest BCUT2D eigenvalue weighted by Gasteiger charge is -2.08. The number of aromatic nitrogens is 1. The van der Waals surface area contributed by atoms with Crippen LogP contribution in [-0.2, 0) is 0 Å². The lowest BCUT2D eigenvalue weighted by molar-refractivity contribution is 0.336. The molecule has 0 atom stereocenters. The van der Waals surface area contributed by atoms with Crippen LogP contribution in [0.2, 0.25) is 0 Å². The van der Waals surface area contributed by atoms with E-state index in [0.717, 1.165) is 16.2 Å². The molecule has 20 heavy (non-hydrogen) atoms. The number of methoxy groups -OCH3 is 1. The van der Waals surface area contributed by atoms with Crippen LogP contribution in [0.5, 0.6) is 17.6 Å². The Morgan fingerprint density at radius 1 is 1.15 bits per heavy atom. The van der Waals surface area contributed by atoms with Gasteiger partial charge in [0.1, 0.15) is 17.0 Å². The quantitative estimate of drug-likeness (QED) is 0.667. The van der Waals surface area contributed by atoms with Crippen LogP contribution >= 0.6 is 11.8 Å². The topological polar surface area (TPSA) is 44.5 Å². The molecule has 0 spiro atoms. The zero-order valence-electron chi connectivity index (χ0n) is 11.1. The molecule has 4 nitrogen and oxygen atoms in total. The second-order valence-corrected chi connectivity index (χ2v) is 4.91. The van der Waals surface area contributed by atoms with Crippen LogP contribution in [0.4, 0.5) is 0 Å². The van der Waals surface area contributed by atoms with Crippen molar-refractivity contribution < 1.29 is 13.9 Å². The summed E-state index contributed by atoms with van der Waals surface area (Å²) >= 11 is 1.58. The van der Waals surface area contributed by atoms with E-state index < -0.39 is 0 Å². The lowest BCUT2D eigenvalue weighted by atomic mass is 10.3. The molecule has 0 aliphatic heterocycles. The van der Waals surface area contributed by atoms with Crippen molar-refractivity contribution in [2.24, 2.45) is 0 Å². The molecular formula is C15H13NO3S. The molecule has 1 heterocycles. The maximum atomic E-state index is 5.73. The van der Waals surface area contributed by atoms with Crippen molar-refractivity contribution in [2.45, 2.75) is 4.90 Å². The number of hydrogen-bond donors (Lipinski definition) is 0. The van der Waals surface area contributed by atoms with Gasteiger partial charge in [0, 0.05) is 0 Å². The predicted molar refractivity (Wildman–Crippen MR) is 78.9 cm³/mol. The number of oxazole rings is 1. The van der Waals surface area contributed by atoms with E-state index in [9.17, 15) is 0 Å². The highest BCUT2D eigenvalue weighted by Crippen LogP contribution is 2.35. The lowest BCUT2D eigenvalue weighted by Crippen LogP contribution is -1.89. The summed E-state index contributed by atoms with van der Waals surface area (Å²) in [5, 5.41) is 0. The summed E-state index contributed by atoms with van der Waals surface area (Å²) < 4.78 is 16.5. The fourth-order valence-corrected chi connectivity index (χ4v) is 2.39. The Bertz CT molecular complexity index is 706. The zero-order chi connectivity index (χ0) is 13.9. The van der Waals surface area contributed by atoms with E-state index in [-0.39, 0.29) is 6.08 Å².